The highest BCUT2D eigenvalue weighted by atomic mass is 15.0. The molecule has 0 spiro atoms. The van der Waals surface area contributed by atoms with Crippen LogP contribution in [0.3, 0.4) is 0 Å². The topological polar surface area (TPSA) is 51.6 Å². The Bertz CT molecular complexity index is 2560. The highest BCUT2D eigenvalue weighted by Crippen LogP contribution is 2.39. The number of pyridine rings is 1. The average Bonchev–Trinajstić information content (AvgIpc) is 3.17. The zero-order valence-electron chi connectivity index (χ0n) is 26.0. The van der Waals surface area contributed by atoms with Gasteiger partial charge in [0.1, 0.15) is 0 Å². The van der Waals surface area contributed by atoms with Crippen LogP contribution in [0.25, 0.3) is 88.9 Å². The molecule has 2 heterocycles. The second-order valence-electron chi connectivity index (χ2n) is 11.9. The maximum atomic E-state index is 5.10. The number of fused-ring (bicyclic) bond motifs is 4. The van der Waals surface area contributed by atoms with Gasteiger partial charge in [0.15, 0.2) is 17.5 Å². The van der Waals surface area contributed by atoms with Crippen molar-refractivity contribution in [1.82, 2.24) is 19.9 Å². The molecule has 0 aliphatic heterocycles. The maximum absolute atomic E-state index is 5.10. The van der Waals surface area contributed by atoms with Gasteiger partial charge in [0.05, 0.1) is 5.52 Å². The molecule has 9 rings (SSSR count). The largest absolute Gasteiger partial charge is 0.256 e. The van der Waals surface area contributed by atoms with Crippen molar-refractivity contribution in [3.8, 4) is 56.4 Å². The summed E-state index contributed by atoms with van der Waals surface area (Å²) in [5.41, 5.74) is 8.14. The average molecular weight is 613 g/mol. The van der Waals surface area contributed by atoms with Crippen molar-refractivity contribution >= 4 is 32.4 Å². The number of aromatic nitrogens is 4. The minimum absolute atomic E-state index is 0.620. The summed E-state index contributed by atoms with van der Waals surface area (Å²) in [6.45, 7) is 0. The van der Waals surface area contributed by atoms with E-state index in [2.05, 4.69) is 102 Å². The summed E-state index contributed by atoms with van der Waals surface area (Å²) in [6, 6.07) is 57.0. The van der Waals surface area contributed by atoms with Crippen molar-refractivity contribution in [3.63, 3.8) is 0 Å². The molecule has 9 aromatic rings. The molecule has 0 unspecified atom stereocenters. The molecule has 0 aliphatic carbocycles. The molecule has 224 valence electrons. The van der Waals surface area contributed by atoms with Crippen LogP contribution in [0.4, 0.5) is 0 Å². The van der Waals surface area contributed by atoms with E-state index in [0.717, 1.165) is 49.8 Å². The third-order valence-electron chi connectivity index (χ3n) is 8.91. The lowest BCUT2D eigenvalue weighted by Crippen LogP contribution is -2.00. The molecule has 0 atom stereocenters. The summed E-state index contributed by atoms with van der Waals surface area (Å²) in [7, 11) is 0. The highest BCUT2D eigenvalue weighted by molar-refractivity contribution is 6.14. The zero-order chi connectivity index (χ0) is 31.9. The third-order valence-corrected chi connectivity index (χ3v) is 8.91. The Balaban J connectivity index is 1.33. The van der Waals surface area contributed by atoms with Crippen LogP contribution in [0, 0.1) is 0 Å². The van der Waals surface area contributed by atoms with E-state index in [1.54, 1.807) is 0 Å². The Hall–Kier alpha value is -6.52. The van der Waals surface area contributed by atoms with E-state index in [1.807, 2.05) is 72.9 Å². The van der Waals surface area contributed by atoms with Crippen molar-refractivity contribution < 1.29 is 0 Å². The predicted molar refractivity (Wildman–Crippen MR) is 197 cm³/mol. The van der Waals surface area contributed by atoms with Gasteiger partial charge in [0.25, 0.3) is 0 Å². The molecular weight excluding hydrogens is 585 g/mol. The molecule has 4 heteroatoms. The van der Waals surface area contributed by atoms with Gasteiger partial charge in [-0.3, -0.25) is 4.98 Å². The van der Waals surface area contributed by atoms with Gasteiger partial charge in [0.2, 0.25) is 0 Å². The lowest BCUT2D eigenvalue weighted by Gasteiger charge is -2.15. The Labute approximate surface area is 278 Å². The maximum Gasteiger partial charge on any atom is 0.164 e. The minimum Gasteiger partial charge on any atom is -0.256 e. The van der Waals surface area contributed by atoms with Crippen LogP contribution in [0.5, 0.6) is 0 Å². The van der Waals surface area contributed by atoms with Crippen LogP contribution in [0.2, 0.25) is 0 Å². The van der Waals surface area contributed by atoms with E-state index < -0.39 is 0 Å². The van der Waals surface area contributed by atoms with Crippen molar-refractivity contribution in [1.29, 1.82) is 0 Å². The van der Waals surface area contributed by atoms with E-state index >= 15 is 0 Å². The van der Waals surface area contributed by atoms with E-state index in [4.69, 9.17) is 15.0 Å². The van der Waals surface area contributed by atoms with E-state index in [0.29, 0.717) is 17.5 Å². The van der Waals surface area contributed by atoms with Crippen LogP contribution in [0.15, 0.2) is 170 Å². The molecular formula is C44H28N4. The predicted octanol–water partition coefficient (Wildman–Crippen LogP) is 11.1. The second-order valence-corrected chi connectivity index (χ2v) is 11.9. The van der Waals surface area contributed by atoms with Crippen molar-refractivity contribution in [2.45, 2.75) is 0 Å². The normalized spacial score (nSPS) is 11.3. The van der Waals surface area contributed by atoms with Crippen LogP contribution in [-0.2, 0) is 0 Å². The molecule has 7 aromatic carbocycles. The van der Waals surface area contributed by atoms with E-state index in [-0.39, 0.29) is 0 Å². The van der Waals surface area contributed by atoms with E-state index in [1.165, 1.54) is 21.5 Å². The van der Waals surface area contributed by atoms with E-state index in [9.17, 15) is 0 Å². The smallest absolute Gasteiger partial charge is 0.164 e. The first-order valence-electron chi connectivity index (χ1n) is 16.1. The van der Waals surface area contributed by atoms with Gasteiger partial charge >= 0.3 is 0 Å². The molecule has 0 saturated carbocycles. The lowest BCUT2D eigenvalue weighted by molar-refractivity contribution is 1.07. The van der Waals surface area contributed by atoms with Crippen LogP contribution < -0.4 is 0 Å². The molecule has 2 aromatic heterocycles. The van der Waals surface area contributed by atoms with Crippen LogP contribution in [0.1, 0.15) is 0 Å². The van der Waals surface area contributed by atoms with Crippen molar-refractivity contribution in [2.75, 3.05) is 0 Å². The van der Waals surface area contributed by atoms with Crippen LogP contribution in [-0.4, -0.2) is 19.9 Å². The van der Waals surface area contributed by atoms with Gasteiger partial charge in [0, 0.05) is 28.3 Å². The summed E-state index contributed by atoms with van der Waals surface area (Å²) in [4.78, 5) is 19.8. The fraction of sp³-hybridized carbons (Fsp3) is 0. The van der Waals surface area contributed by atoms with Gasteiger partial charge < -0.3 is 0 Å². The Morgan fingerprint density at radius 1 is 0.312 bits per heavy atom. The Morgan fingerprint density at radius 3 is 1.60 bits per heavy atom. The summed E-state index contributed by atoms with van der Waals surface area (Å²) < 4.78 is 0. The highest BCUT2D eigenvalue weighted by Gasteiger charge is 2.16. The Kier molecular flexibility index (Phi) is 6.76. The number of hydrogen-bond acceptors (Lipinski definition) is 4. The fourth-order valence-corrected chi connectivity index (χ4v) is 6.56. The summed E-state index contributed by atoms with van der Waals surface area (Å²) in [5, 5.41) is 5.98. The molecule has 48 heavy (non-hydrogen) atoms. The van der Waals surface area contributed by atoms with Gasteiger partial charge in [-0.05, 0) is 80.2 Å². The molecule has 0 fully saturated rings. The first-order chi connectivity index (χ1) is 23.8. The molecule has 0 aliphatic rings. The first-order valence-corrected chi connectivity index (χ1v) is 16.1. The van der Waals surface area contributed by atoms with Gasteiger partial charge in [-0.1, -0.05) is 127 Å². The monoisotopic (exact) mass is 612 g/mol. The number of rotatable bonds is 5. The van der Waals surface area contributed by atoms with Gasteiger partial charge in [-0.25, -0.2) is 15.0 Å². The molecule has 0 radical (unpaired) electrons. The van der Waals surface area contributed by atoms with Gasteiger partial charge in [-0.15, -0.1) is 0 Å². The SMILES string of the molecule is c1ccc(-c2nc(-c3ccccc3)nc(-c3cc(-c4ccc5cccnc5c4)cc(-c4cc5ccccc5c5ccccc45)c3)n2)cc1. The fourth-order valence-electron chi connectivity index (χ4n) is 6.56. The number of benzene rings is 7. The molecule has 0 bridgehead atoms. The first kappa shape index (κ1) is 27.8. The molecule has 0 saturated heterocycles. The summed E-state index contributed by atoms with van der Waals surface area (Å²) in [6.07, 6.45) is 1.84. The molecule has 0 amide bonds. The van der Waals surface area contributed by atoms with Gasteiger partial charge in [-0.2, -0.15) is 0 Å². The minimum atomic E-state index is 0.620. The summed E-state index contributed by atoms with van der Waals surface area (Å²) >= 11 is 0. The van der Waals surface area contributed by atoms with Crippen molar-refractivity contribution in [3.05, 3.63) is 170 Å². The molecule has 0 N–H and O–H groups in total. The zero-order valence-corrected chi connectivity index (χ0v) is 26.0. The standard InChI is InChI=1S/C44H28N4/c1-3-12-30(13-4-1)42-46-43(31-14-5-2-6-15-31)48-44(47-42)36-25-34(32-22-21-29-17-11-23-45-41(29)28-32)24-35(26-36)40-27-33-16-7-8-18-37(33)38-19-9-10-20-39(38)40/h1-28H. The number of hydrogen-bond donors (Lipinski definition) is 0. The van der Waals surface area contributed by atoms with Crippen LogP contribution >= 0.6 is 0 Å². The Morgan fingerprint density at radius 2 is 0.875 bits per heavy atom. The van der Waals surface area contributed by atoms with Crippen molar-refractivity contribution in [2.24, 2.45) is 0 Å². The molecule has 4 nitrogen and oxygen atoms in total. The second kappa shape index (κ2) is 11.7. The lowest BCUT2D eigenvalue weighted by atomic mass is 9.90. The number of nitrogens with zero attached hydrogens (tertiary/aromatic N) is 4. The summed E-state index contributed by atoms with van der Waals surface area (Å²) in [5.74, 6) is 1.89. The third kappa shape index (κ3) is 5.06. The quantitative estimate of drug-likeness (QED) is 0.181.